The van der Waals surface area contributed by atoms with Crippen LogP contribution in [0.2, 0.25) is 0 Å². The van der Waals surface area contributed by atoms with Crippen molar-refractivity contribution in [2.24, 2.45) is 5.92 Å². The second-order valence-corrected chi connectivity index (χ2v) is 5.89. The summed E-state index contributed by atoms with van der Waals surface area (Å²) in [6.45, 7) is 5.49. The van der Waals surface area contributed by atoms with Crippen molar-refractivity contribution in [2.75, 3.05) is 19.7 Å². The third-order valence-electron chi connectivity index (χ3n) is 4.19. The molecule has 0 amide bonds. The predicted molar refractivity (Wildman–Crippen MR) is 81.2 cm³/mol. The molecule has 0 radical (unpaired) electrons. The van der Waals surface area contributed by atoms with Crippen molar-refractivity contribution in [1.29, 1.82) is 0 Å². The molecule has 0 spiro atoms. The van der Waals surface area contributed by atoms with Crippen molar-refractivity contribution in [2.45, 2.75) is 26.3 Å². The molecule has 1 aromatic heterocycles. The molecule has 5 heteroatoms. The highest BCUT2D eigenvalue weighted by Gasteiger charge is 2.19. The summed E-state index contributed by atoms with van der Waals surface area (Å²) in [5.41, 5.74) is 3.59. The van der Waals surface area contributed by atoms with E-state index in [1.807, 2.05) is 0 Å². The molecule has 112 valence electrons. The minimum Gasteiger partial charge on any atom is -0.396 e. The van der Waals surface area contributed by atoms with E-state index in [9.17, 15) is 5.11 Å². The Kier molecular flexibility index (Phi) is 4.31. The molecule has 2 heterocycles. The molecule has 5 nitrogen and oxygen atoms in total. The number of benzene rings is 1. The summed E-state index contributed by atoms with van der Waals surface area (Å²) in [6.07, 6.45) is 5.60. The fourth-order valence-corrected chi connectivity index (χ4v) is 3.11. The highest BCUT2D eigenvalue weighted by Crippen LogP contribution is 2.20. The Bertz CT molecular complexity index is 582. The number of piperidine rings is 1. The van der Waals surface area contributed by atoms with Crippen LogP contribution in [-0.2, 0) is 6.54 Å². The van der Waals surface area contributed by atoms with Crippen LogP contribution in [0.1, 0.15) is 24.0 Å². The van der Waals surface area contributed by atoms with Gasteiger partial charge >= 0.3 is 0 Å². The Morgan fingerprint density at radius 3 is 3.00 bits per heavy atom. The first-order valence-corrected chi connectivity index (χ1v) is 7.54. The molecule has 2 aromatic rings. The molecule has 0 aliphatic carbocycles. The smallest absolute Gasteiger partial charge is 0.138 e. The van der Waals surface area contributed by atoms with E-state index >= 15 is 0 Å². The van der Waals surface area contributed by atoms with Crippen molar-refractivity contribution in [3.63, 3.8) is 0 Å². The lowest BCUT2D eigenvalue weighted by atomic mass is 9.98. The first kappa shape index (κ1) is 14.2. The molecule has 1 N–H and O–H groups in total. The zero-order valence-electron chi connectivity index (χ0n) is 12.4. The lowest BCUT2D eigenvalue weighted by Crippen LogP contribution is -2.36. The molecule has 1 aliphatic rings. The van der Waals surface area contributed by atoms with Crippen molar-refractivity contribution in [1.82, 2.24) is 19.7 Å². The Morgan fingerprint density at radius 1 is 1.38 bits per heavy atom. The Hall–Kier alpha value is -1.72. The van der Waals surface area contributed by atoms with Crippen LogP contribution in [0.3, 0.4) is 0 Å². The van der Waals surface area contributed by atoms with Gasteiger partial charge in [-0.05, 0) is 49.4 Å². The minimum atomic E-state index is 0.306. The molecule has 1 saturated heterocycles. The number of hydrogen-bond donors (Lipinski definition) is 1. The Labute approximate surface area is 125 Å². The van der Waals surface area contributed by atoms with E-state index in [-0.39, 0.29) is 0 Å². The van der Waals surface area contributed by atoms with Crippen molar-refractivity contribution in [3.05, 3.63) is 42.0 Å². The topological polar surface area (TPSA) is 54.2 Å². The maximum Gasteiger partial charge on any atom is 0.138 e. The van der Waals surface area contributed by atoms with E-state index in [1.54, 1.807) is 17.3 Å². The molecule has 1 atom stereocenters. The summed E-state index contributed by atoms with van der Waals surface area (Å²) in [5, 5.41) is 13.5. The van der Waals surface area contributed by atoms with Crippen molar-refractivity contribution in [3.8, 4) is 5.69 Å². The molecule has 1 aliphatic heterocycles. The zero-order chi connectivity index (χ0) is 14.7. The molecule has 1 unspecified atom stereocenters. The summed E-state index contributed by atoms with van der Waals surface area (Å²) >= 11 is 0. The van der Waals surface area contributed by atoms with Gasteiger partial charge in [0.05, 0.1) is 5.69 Å². The number of aryl methyl sites for hydroxylation is 1. The fourth-order valence-electron chi connectivity index (χ4n) is 3.11. The highest BCUT2D eigenvalue weighted by atomic mass is 16.3. The van der Waals surface area contributed by atoms with Crippen LogP contribution in [0, 0.1) is 12.8 Å². The van der Waals surface area contributed by atoms with E-state index < -0.39 is 0 Å². The zero-order valence-corrected chi connectivity index (χ0v) is 12.4. The van der Waals surface area contributed by atoms with Gasteiger partial charge in [0.25, 0.3) is 0 Å². The summed E-state index contributed by atoms with van der Waals surface area (Å²) in [5.74, 6) is 0.439. The van der Waals surface area contributed by atoms with Gasteiger partial charge in [0.1, 0.15) is 12.7 Å². The Balaban J connectivity index is 1.71. The minimum absolute atomic E-state index is 0.306. The number of nitrogens with zero attached hydrogens (tertiary/aromatic N) is 4. The lowest BCUT2D eigenvalue weighted by molar-refractivity contribution is 0.116. The number of aromatic nitrogens is 3. The van der Waals surface area contributed by atoms with E-state index in [2.05, 4.69) is 40.1 Å². The van der Waals surface area contributed by atoms with Gasteiger partial charge in [-0.15, -0.1) is 0 Å². The summed E-state index contributed by atoms with van der Waals surface area (Å²) < 4.78 is 1.79. The van der Waals surface area contributed by atoms with Gasteiger partial charge in [0.2, 0.25) is 0 Å². The van der Waals surface area contributed by atoms with Crippen LogP contribution in [0.15, 0.2) is 30.9 Å². The van der Waals surface area contributed by atoms with Crippen molar-refractivity contribution < 1.29 is 5.11 Å². The second-order valence-electron chi connectivity index (χ2n) is 5.89. The number of aliphatic hydroxyl groups excluding tert-OH is 1. The SMILES string of the molecule is Cc1cc(CN2CCCC(CO)C2)ccc1-n1cncn1. The van der Waals surface area contributed by atoms with Crippen LogP contribution >= 0.6 is 0 Å². The van der Waals surface area contributed by atoms with Gasteiger partial charge in [-0.25, -0.2) is 9.67 Å². The lowest BCUT2D eigenvalue weighted by Gasteiger charge is -2.31. The maximum absolute atomic E-state index is 9.32. The molecular weight excluding hydrogens is 264 g/mol. The van der Waals surface area contributed by atoms with E-state index in [0.29, 0.717) is 12.5 Å². The summed E-state index contributed by atoms with van der Waals surface area (Å²) in [4.78, 5) is 6.43. The van der Waals surface area contributed by atoms with Gasteiger partial charge < -0.3 is 5.11 Å². The summed E-state index contributed by atoms with van der Waals surface area (Å²) in [7, 11) is 0. The van der Waals surface area contributed by atoms with Gasteiger partial charge in [0, 0.05) is 19.7 Å². The third-order valence-corrected chi connectivity index (χ3v) is 4.19. The van der Waals surface area contributed by atoms with Crippen LogP contribution in [0.25, 0.3) is 5.69 Å². The highest BCUT2D eigenvalue weighted by molar-refractivity contribution is 5.41. The summed E-state index contributed by atoms with van der Waals surface area (Å²) in [6, 6.07) is 6.49. The number of aliphatic hydroxyl groups is 1. The van der Waals surface area contributed by atoms with Crippen molar-refractivity contribution >= 4 is 0 Å². The first-order chi connectivity index (χ1) is 10.3. The molecular formula is C16H22N4O. The molecule has 0 saturated carbocycles. The quantitative estimate of drug-likeness (QED) is 0.931. The van der Waals surface area contributed by atoms with Crippen LogP contribution < -0.4 is 0 Å². The van der Waals surface area contributed by atoms with Gasteiger partial charge in [0.15, 0.2) is 0 Å². The second kappa shape index (κ2) is 6.37. The third kappa shape index (κ3) is 3.31. The van der Waals surface area contributed by atoms with Crippen LogP contribution in [0.5, 0.6) is 0 Å². The largest absolute Gasteiger partial charge is 0.396 e. The maximum atomic E-state index is 9.32. The van der Waals surface area contributed by atoms with E-state index in [0.717, 1.165) is 31.7 Å². The fraction of sp³-hybridized carbons (Fsp3) is 0.500. The average molecular weight is 286 g/mol. The monoisotopic (exact) mass is 286 g/mol. The van der Waals surface area contributed by atoms with E-state index in [1.165, 1.54) is 17.5 Å². The van der Waals surface area contributed by atoms with Gasteiger partial charge in [-0.3, -0.25) is 4.90 Å². The van der Waals surface area contributed by atoms with Crippen LogP contribution in [-0.4, -0.2) is 44.5 Å². The standard InChI is InChI=1S/C16H22N4O/c1-13-7-14(4-5-16(13)20-12-17-11-18-20)8-19-6-2-3-15(9-19)10-21/h4-5,7,11-12,15,21H,2-3,6,8-10H2,1H3. The van der Waals surface area contributed by atoms with Crippen LogP contribution in [0.4, 0.5) is 0 Å². The predicted octanol–water partition coefficient (Wildman–Crippen LogP) is 1.78. The molecule has 1 fully saturated rings. The molecule has 1 aromatic carbocycles. The number of rotatable bonds is 4. The molecule has 21 heavy (non-hydrogen) atoms. The van der Waals surface area contributed by atoms with E-state index in [4.69, 9.17) is 0 Å². The molecule has 0 bridgehead atoms. The number of likely N-dealkylation sites (tertiary alicyclic amines) is 1. The normalized spacial score (nSPS) is 19.8. The van der Waals surface area contributed by atoms with Gasteiger partial charge in [-0.1, -0.05) is 12.1 Å². The molecule has 3 rings (SSSR count). The average Bonchev–Trinajstić information content (AvgIpc) is 3.01. The number of hydrogen-bond acceptors (Lipinski definition) is 4. The Morgan fingerprint density at radius 2 is 2.29 bits per heavy atom. The van der Waals surface area contributed by atoms with Gasteiger partial charge in [-0.2, -0.15) is 5.10 Å². The first-order valence-electron chi connectivity index (χ1n) is 7.54.